The van der Waals surface area contributed by atoms with Crippen LogP contribution in [-0.2, 0) is 11.8 Å². The Labute approximate surface area is 163 Å². The molecule has 1 aliphatic carbocycles. The first-order valence-corrected chi connectivity index (χ1v) is 9.98. The highest BCUT2D eigenvalue weighted by Gasteiger charge is 2.36. The number of nitrogens with zero attached hydrogens (tertiary/aromatic N) is 1. The Kier molecular flexibility index (Phi) is 6.33. The Balaban J connectivity index is 1.78. The Morgan fingerprint density at radius 3 is 2.48 bits per heavy atom. The van der Waals surface area contributed by atoms with Gasteiger partial charge in [0.05, 0.1) is 12.4 Å². The lowest BCUT2D eigenvalue weighted by Gasteiger charge is -2.40. The van der Waals surface area contributed by atoms with Gasteiger partial charge in [0.1, 0.15) is 0 Å². The van der Waals surface area contributed by atoms with Gasteiger partial charge in [-0.3, -0.25) is 4.99 Å². The van der Waals surface area contributed by atoms with Crippen molar-refractivity contribution in [2.24, 2.45) is 10.7 Å². The van der Waals surface area contributed by atoms with E-state index in [0.717, 1.165) is 44.3 Å². The topological polar surface area (TPSA) is 50.4 Å². The number of rotatable bonds is 7. The molecule has 3 rings (SSSR count). The Morgan fingerprint density at radius 1 is 1.15 bits per heavy atom. The number of aryl methyl sites for hydroxylation is 1. The molecule has 3 heteroatoms. The van der Waals surface area contributed by atoms with Crippen LogP contribution in [0.25, 0.3) is 5.70 Å². The molecule has 1 aliphatic rings. The van der Waals surface area contributed by atoms with Gasteiger partial charge in [0, 0.05) is 23.2 Å². The van der Waals surface area contributed by atoms with Gasteiger partial charge in [0.2, 0.25) is 0 Å². The molecule has 2 aromatic carbocycles. The summed E-state index contributed by atoms with van der Waals surface area (Å²) in [7, 11) is 0. The SMILES string of the molecule is C=C(NCC1(c2ccccc2)CCC(N=CN)CC1)c1ccccc1CC. The van der Waals surface area contributed by atoms with Gasteiger partial charge >= 0.3 is 0 Å². The third-order valence-corrected chi connectivity index (χ3v) is 5.96. The molecular formula is C24H31N3. The molecule has 0 aliphatic heterocycles. The zero-order valence-corrected chi connectivity index (χ0v) is 16.3. The van der Waals surface area contributed by atoms with Crippen LogP contribution in [0.1, 0.15) is 49.3 Å². The minimum Gasteiger partial charge on any atom is -0.390 e. The van der Waals surface area contributed by atoms with E-state index in [4.69, 9.17) is 5.73 Å². The number of hydrogen-bond donors (Lipinski definition) is 2. The molecule has 1 fully saturated rings. The van der Waals surface area contributed by atoms with Gasteiger partial charge in [0.25, 0.3) is 0 Å². The highest BCUT2D eigenvalue weighted by Crippen LogP contribution is 2.40. The lowest BCUT2D eigenvalue weighted by atomic mass is 9.68. The Morgan fingerprint density at radius 2 is 1.81 bits per heavy atom. The first kappa shape index (κ1) is 19.2. The minimum atomic E-state index is 0.117. The van der Waals surface area contributed by atoms with Crippen LogP contribution >= 0.6 is 0 Å². The monoisotopic (exact) mass is 361 g/mol. The zero-order valence-electron chi connectivity index (χ0n) is 16.3. The van der Waals surface area contributed by atoms with E-state index in [1.54, 1.807) is 0 Å². The molecule has 0 heterocycles. The zero-order chi connectivity index (χ0) is 19.1. The lowest BCUT2D eigenvalue weighted by Crippen LogP contribution is -2.41. The second kappa shape index (κ2) is 8.90. The van der Waals surface area contributed by atoms with Crippen LogP contribution in [0.5, 0.6) is 0 Å². The predicted molar refractivity (Wildman–Crippen MR) is 116 cm³/mol. The van der Waals surface area contributed by atoms with Gasteiger partial charge in [-0.05, 0) is 43.2 Å². The van der Waals surface area contributed by atoms with Crippen molar-refractivity contribution in [1.82, 2.24) is 5.32 Å². The van der Waals surface area contributed by atoms with Gasteiger partial charge in [-0.2, -0.15) is 0 Å². The number of hydrogen-bond acceptors (Lipinski definition) is 2. The molecule has 0 atom stereocenters. The number of nitrogens with one attached hydrogen (secondary N) is 1. The van der Waals surface area contributed by atoms with Crippen molar-refractivity contribution in [1.29, 1.82) is 0 Å². The summed E-state index contributed by atoms with van der Waals surface area (Å²) in [5.41, 5.74) is 10.6. The van der Waals surface area contributed by atoms with Crippen molar-refractivity contribution in [3.8, 4) is 0 Å². The highest BCUT2D eigenvalue weighted by molar-refractivity contribution is 5.65. The summed E-state index contributed by atoms with van der Waals surface area (Å²) in [5.74, 6) is 0. The second-order valence-corrected chi connectivity index (χ2v) is 7.52. The molecule has 0 unspecified atom stereocenters. The molecule has 0 spiro atoms. The maximum atomic E-state index is 5.51. The molecule has 27 heavy (non-hydrogen) atoms. The van der Waals surface area contributed by atoms with Crippen LogP contribution in [0.3, 0.4) is 0 Å². The number of benzene rings is 2. The van der Waals surface area contributed by atoms with E-state index in [1.165, 1.54) is 23.0 Å². The van der Waals surface area contributed by atoms with E-state index >= 15 is 0 Å². The van der Waals surface area contributed by atoms with Crippen molar-refractivity contribution in [2.75, 3.05) is 6.54 Å². The van der Waals surface area contributed by atoms with Crippen molar-refractivity contribution < 1.29 is 0 Å². The first-order valence-electron chi connectivity index (χ1n) is 9.98. The predicted octanol–water partition coefficient (Wildman–Crippen LogP) is 4.68. The standard InChI is InChI=1S/C24H31N3/c1-3-20-9-7-8-12-23(20)19(2)26-17-24(21-10-5-4-6-11-21)15-13-22(14-16-24)27-18-25/h4-12,18,22,26H,2-3,13-17H2,1H3,(H2,25,27). The van der Waals surface area contributed by atoms with Crippen LogP contribution in [0.4, 0.5) is 0 Å². The molecule has 0 amide bonds. The molecule has 0 aromatic heterocycles. The quantitative estimate of drug-likeness (QED) is 0.556. The molecule has 0 saturated heterocycles. The van der Waals surface area contributed by atoms with Crippen molar-refractivity contribution in [2.45, 2.75) is 50.5 Å². The summed E-state index contributed by atoms with van der Waals surface area (Å²) in [5, 5.41) is 3.67. The fourth-order valence-corrected chi connectivity index (χ4v) is 4.28. The summed E-state index contributed by atoms with van der Waals surface area (Å²) in [4.78, 5) is 4.42. The van der Waals surface area contributed by atoms with E-state index < -0.39 is 0 Å². The Hall–Kier alpha value is -2.55. The van der Waals surface area contributed by atoms with Gasteiger partial charge in [0.15, 0.2) is 0 Å². The molecule has 0 radical (unpaired) electrons. The molecule has 3 nitrogen and oxygen atoms in total. The summed E-state index contributed by atoms with van der Waals surface area (Å²) in [6.45, 7) is 7.42. The van der Waals surface area contributed by atoms with Crippen LogP contribution < -0.4 is 11.1 Å². The van der Waals surface area contributed by atoms with E-state index in [2.05, 4.69) is 78.4 Å². The maximum Gasteiger partial charge on any atom is 0.0801 e. The van der Waals surface area contributed by atoms with Crippen LogP contribution in [0.15, 0.2) is 66.2 Å². The van der Waals surface area contributed by atoms with E-state index in [0.29, 0.717) is 6.04 Å². The summed E-state index contributed by atoms with van der Waals surface area (Å²) >= 11 is 0. The first-order chi connectivity index (χ1) is 13.2. The molecule has 1 saturated carbocycles. The van der Waals surface area contributed by atoms with Crippen molar-refractivity contribution >= 4 is 12.0 Å². The second-order valence-electron chi connectivity index (χ2n) is 7.52. The van der Waals surface area contributed by atoms with Crippen LogP contribution in [0.2, 0.25) is 0 Å². The Bertz CT molecular complexity index is 771. The average molecular weight is 362 g/mol. The molecule has 142 valence electrons. The fraction of sp³-hybridized carbons (Fsp3) is 0.375. The lowest BCUT2D eigenvalue weighted by molar-refractivity contribution is 0.269. The number of aliphatic imine (C=N–C) groups is 1. The third-order valence-electron chi connectivity index (χ3n) is 5.96. The van der Waals surface area contributed by atoms with Crippen LogP contribution in [0, 0.1) is 0 Å². The molecular weight excluding hydrogens is 330 g/mol. The fourth-order valence-electron chi connectivity index (χ4n) is 4.28. The van der Waals surface area contributed by atoms with Crippen molar-refractivity contribution in [3.05, 3.63) is 77.9 Å². The largest absolute Gasteiger partial charge is 0.390 e. The number of nitrogens with two attached hydrogens (primary N) is 1. The summed E-state index contributed by atoms with van der Waals surface area (Å²) < 4.78 is 0. The van der Waals surface area contributed by atoms with Crippen molar-refractivity contribution in [3.63, 3.8) is 0 Å². The van der Waals surface area contributed by atoms with Crippen LogP contribution in [-0.4, -0.2) is 18.9 Å². The van der Waals surface area contributed by atoms with E-state index in [1.807, 2.05) is 0 Å². The maximum absolute atomic E-state index is 5.51. The van der Waals surface area contributed by atoms with Gasteiger partial charge in [-0.15, -0.1) is 0 Å². The minimum absolute atomic E-state index is 0.117. The van der Waals surface area contributed by atoms with E-state index in [-0.39, 0.29) is 5.41 Å². The summed E-state index contributed by atoms with van der Waals surface area (Å²) in [6, 6.07) is 19.8. The average Bonchev–Trinajstić information content (AvgIpc) is 2.74. The smallest absolute Gasteiger partial charge is 0.0801 e. The third kappa shape index (κ3) is 4.41. The van der Waals surface area contributed by atoms with Gasteiger partial charge in [-0.25, -0.2) is 0 Å². The highest BCUT2D eigenvalue weighted by atomic mass is 14.9. The summed E-state index contributed by atoms with van der Waals surface area (Å²) in [6.07, 6.45) is 6.83. The molecule has 2 aromatic rings. The van der Waals surface area contributed by atoms with Gasteiger partial charge < -0.3 is 11.1 Å². The molecule has 3 N–H and O–H groups in total. The van der Waals surface area contributed by atoms with E-state index in [9.17, 15) is 0 Å². The molecule has 0 bridgehead atoms. The van der Waals surface area contributed by atoms with Gasteiger partial charge in [-0.1, -0.05) is 68.1 Å². The normalized spacial score (nSPS) is 22.6.